The van der Waals surface area contributed by atoms with Crippen LogP contribution in [0.4, 0.5) is 5.82 Å². The Bertz CT molecular complexity index is 739. The Kier molecular flexibility index (Phi) is 4.43. The van der Waals surface area contributed by atoms with Gasteiger partial charge >= 0.3 is 0 Å². The molecule has 5 nitrogen and oxygen atoms in total. The smallest absolute Gasteiger partial charge is 0.254 e. The zero-order chi connectivity index (χ0) is 16.4. The minimum absolute atomic E-state index is 0.0238. The molecule has 0 saturated heterocycles. The third-order valence-electron chi connectivity index (χ3n) is 3.88. The summed E-state index contributed by atoms with van der Waals surface area (Å²) in [4.78, 5) is 31.8. The van der Waals surface area contributed by atoms with Crippen molar-refractivity contribution in [3.63, 3.8) is 0 Å². The highest BCUT2D eigenvalue weighted by molar-refractivity contribution is 7.10. The van der Waals surface area contributed by atoms with Crippen LogP contribution in [-0.4, -0.2) is 28.2 Å². The standard InChI is InChI=1S/C17H19N3O2S/c1-11(2)16(21)19-15-9-12(3-6-18-15)17(22)20-7-4-14-13(10-20)5-8-23-14/h3,5-6,8-9,11H,4,7,10H2,1-2H3,(H,18,19,21). The molecule has 0 fully saturated rings. The number of thiophene rings is 1. The first-order chi connectivity index (χ1) is 11.0. The van der Waals surface area contributed by atoms with E-state index in [1.165, 1.54) is 10.4 Å². The van der Waals surface area contributed by atoms with E-state index in [-0.39, 0.29) is 17.7 Å². The van der Waals surface area contributed by atoms with Gasteiger partial charge in [-0.05, 0) is 35.6 Å². The lowest BCUT2D eigenvalue weighted by atomic mass is 10.1. The van der Waals surface area contributed by atoms with E-state index in [0.29, 0.717) is 17.9 Å². The molecular formula is C17H19N3O2S. The molecule has 120 valence electrons. The van der Waals surface area contributed by atoms with Crippen LogP contribution in [0.2, 0.25) is 0 Å². The van der Waals surface area contributed by atoms with E-state index >= 15 is 0 Å². The van der Waals surface area contributed by atoms with Gasteiger partial charge in [-0.25, -0.2) is 4.98 Å². The topological polar surface area (TPSA) is 62.3 Å². The quantitative estimate of drug-likeness (QED) is 0.942. The molecular weight excluding hydrogens is 310 g/mol. The summed E-state index contributed by atoms with van der Waals surface area (Å²) in [5.41, 5.74) is 1.79. The number of nitrogens with zero attached hydrogens (tertiary/aromatic N) is 2. The molecule has 0 aliphatic carbocycles. The molecule has 0 spiro atoms. The van der Waals surface area contributed by atoms with Crippen LogP contribution in [0.1, 0.15) is 34.6 Å². The second kappa shape index (κ2) is 6.50. The van der Waals surface area contributed by atoms with E-state index < -0.39 is 0 Å². The third-order valence-corrected chi connectivity index (χ3v) is 4.90. The monoisotopic (exact) mass is 329 g/mol. The van der Waals surface area contributed by atoms with Gasteiger partial charge in [0.2, 0.25) is 5.91 Å². The van der Waals surface area contributed by atoms with Gasteiger partial charge in [0.15, 0.2) is 0 Å². The van der Waals surface area contributed by atoms with Gasteiger partial charge < -0.3 is 10.2 Å². The normalized spacial score (nSPS) is 13.8. The largest absolute Gasteiger partial charge is 0.334 e. The summed E-state index contributed by atoms with van der Waals surface area (Å²) < 4.78 is 0. The molecule has 1 aliphatic heterocycles. The molecule has 0 atom stereocenters. The van der Waals surface area contributed by atoms with Gasteiger partial charge in [0, 0.05) is 35.6 Å². The van der Waals surface area contributed by atoms with Gasteiger partial charge in [0.1, 0.15) is 5.82 Å². The minimum Gasteiger partial charge on any atom is -0.334 e. The van der Waals surface area contributed by atoms with Crippen molar-refractivity contribution in [2.45, 2.75) is 26.8 Å². The summed E-state index contributed by atoms with van der Waals surface area (Å²) in [6.07, 6.45) is 2.46. The molecule has 0 aromatic carbocycles. The molecule has 2 aromatic rings. The summed E-state index contributed by atoms with van der Waals surface area (Å²) in [6.45, 7) is 5.00. The summed E-state index contributed by atoms with van der Waals surface area (Å²) in [6, 6.07) is 5.42. The third kappa shape index (κ3) is 3.42. The number of carbonyl (C=O) groups excluding carboxylic acids is 2. The van der Waals surface area contributed by atoms with Crippen molar-refractivity contribution in [3.05, 3.63) is 45.8 Å². The van der Waals surface area contributed by atoms with Crippen molar-refractivity contribution in [1.29, 1.82) is 0 Å². The number of hydrogen-bond acceptors (Lipinski definition) is 4. The van der Waals surface area contributed by atoms with Crippen LogP contribution in [0.3, 0.4) is 0 Å². The number of carbonyl (C=O) groups is 2. The fourth-order valence-corrected chi connectivity index (χ4v) is 3.40. The van der Waals surface area contributed by atoms with E-state index in [1.807, 2.05) is 18.7 Å². The van der Waals surface area contributed by atoms with Gasteiger partial charge in [0.25, 0.3) is 5.91 Å². The van der Waals surface area contributed by atoms with Gasteiger partial charge in [-0.1, -0.05) is 13.8 Å². The van der Waals surface area contributed by atoms with Crippen molar-refractivity contribution < 1.29 is 9.59 Å². The fourth-order valence-electron chi connectivity index (χ4n) is 2.51. The zero-order valence-electron chi connectivity index (χ0n) is 13.2. The molecule has 0 saturated carbocycles. The summed E-state index contributed by atoms with van der Waals surface area (Å²) >= 11 is 1.75. The lowest BCUT2D eigenvalue weighted by molar-refractivity contribution is -0.118. The van der Waals surface area contributed by atoms with Crippen molar-refractivity contribution in [3.8, 4) is 0 Å². The number of fused-ring (bicyclic) bond motifs is 1. The Morgan fingerprint density at radius 2 is 2.17 bits per heavy atom. The number of amides is 2. The van der Waals surface area contributed by atoms with E-state index in [2.05, 4.69) is 21.7 Å². The number of rotatable bonds is 3. The summed E-state index contributed by atoms with van der Waals surface area (Å²) in [5, 5.41) is 4.81. The maximum Gasteiger partial charge on any atom is 0.254 e. The molecule has 0 bridgehead atoms. The number of aromatic nitrogens is 1. The predicted octanol–water partition coefficient (Wildman–Crippen LogP) is 2.94. The van der Waals surface area contributed by atoms with E-state index in [0.717, 1.165) is 13.0 Å². The zero-order valence-corrected chi connectivity index (χ0v) is 14.0. The van der Waals surface area contributed by atoms with Crippen molar-refractivity contribution in [2.24, 2.45) is 5.92 Å². The van der Waals surface area contributed by atoms with Crippen LogP contribution in [0.15, 0.2) is 29.8 Å². The van der Waals surface area contributed by atoms with Crippen LogP contribution in [0.5, 0.6) is 0 Å². The second-order valence-corrected chi connectivity index (χ2v) is 6.92. The van der Waals surface area contributed by atoms with E-state index in [4.69, 9.17) is 0 Å². The molecule has 1 N–H and O–H groups in total. The first-order valence-electron chi connectivity index (χ1n) is 7.66. The SMILES string of the molecule is CC(C)C(=O)Nc1cc(C(=O)N2CCc3sccc3C2)ccn1. The maximum absolute atomic E-state index is 12.7. The maximum atomic E-state index is 12.7. The molecule has 2 aromatic heterocycles. The van der Waals surface area contributed by atoms with Crippen LogP contribution in [0.25, 0.3) is 0 Å². The number of pyridine rings is 1. The highest BCUT2D eigenvalue weighted by atomic mass is 32.1. The van der Waals surface area contributed by atoms with Gasteiger partial charge in [-0.2, -0.15) is 0 Å². The highest BCUT2D eigenvalue weighted by Crippen LogP contribution is 2.25. The highest BCUT2D eigenvalue weighted by Gasteiger charge is 2.23. The molecule has 0 radical (unpaired) electrons. The van der Waals surface area contributed by atoms with Crippen LogP contribution < -0.4 is 5.32 Å². The van der Waals surface area contributed by atoms with Gasteiger partial charge in [-0.15, -0.1) is 11.3 Å². The first kappa shape index (κ1) is 15.7. The fraction of sp³-hybridized carbons (Fsp3) is 0.353. The van der Waals surface area contributed by atoms with E-state index in [9.17, 15) is 9.59 Å². The van der Waals surface area contributed by atoms with Crippen LogP contribution in [0, 0.1) is 5.92 Å². The second-order valence-electron chi connectivity index (χ2n) is 5.92. The lowest BCUT2D eigenvalue weighted by Gasteiger charge is -2.27. The van der Waals surface area contributed by atoms with Gasteiger partial charge in [-0.3, -0.25) is 9.59 Å². The molecule has 23 heavy (non-hydrogen) atoms. The van der Waals surface area contributed by atoms with Crippen LogP contribution >= 0.6 is 11.3 Å². The minimum atomic E-state index is -0.129. The molecule has 1 aliphatic rings. The summed E-state index contributed by atoms with van der Waals surface area (Å²) in [7, 11) is 0. The Balaban J connectivity index is 1.74. The Morgan fingerprint density at radius 1 is 1.35 bits per heavy atom. The van der Waals surface area contributed by atoms with Crippen molar-refractivity contribution in [2.75, 3.05) is 11.9 Å². The number of hydrogen-bond donors (Lipinski definition) is 1. The Hall–Kier alpha value is -2.21. The first-order valence-corrected chi connectivity index (χ1v) is 8.54. The molecule has 3 heterocycles. The molecule has 2 amide bonds. The van der Waals surface area contributed by atoms with Gasteiger partial charge in [0.05, 0.1) is 0 Å². The van der Waals surface area contributed by atoms with Crippen molar-refractivity contribution >= 4 is 29.0 Å². The van der Waals surface area contributed by atoms with Crippen LogP contribution in [-0.2, 0) is 17.8 Å². The number of nitrogens with one attached hydrogen (secondary N) is 1. The molecule has 3 rings (SSSR count). The van der Waals surface area contributed by atoms with E-state index in [1.54, 1.807) is 29.7 Å². The lowest BCUT2D eigenvalue weighted by Crippen LogP contribution is -2.35. The average molecular weight is 329 g/mol. The predicted molar refractivity (Wildman–Crippen MR) is 90.5 cm³/mol. The molecule has 0 unspecified atom stereocenters. The Morgan fingerprint density at radius 3 is 2.96 bits per heavy atom. The van der Waals surface area contributed by atoms with Crippen molar-refractivity contribution in [1.82, 2.24) is 9.88 Å². The average Bonchev–Trinajstić information content (AvgIpc) is 3.01. The summed E-state index contributed by atoms with van der Waals surface area (Å²) in [5.74, 6) is 0.158. The Labute approximate surface area is 139 Å². The number of anilines is 1. The molecule has 6 heteroatoms.